The molecule has 0 aliphatic carbocycles. The number of carbonyl (C=O) groups excluding carboxylic acids is 1. The van der Waals surface area contributed by atoms with Gasteiger partial charge in [-0.15, -0.1) is 0 Å². The van der Waals surface area contributed by atoms with Crippen molar-refractivity contribution in [1.82, 2.24) is 29.2 Å². The second-order valence-electron chi connectivity index (χ2n) is 14.7. The van der Waals surface area contributed by atoms with Gasteiger partial charge in [-0.1, -0.05) is 6.07 Å². The van der Waals surface area contributed by atoms with Crippen LogP contribution in [0.3, 0.4) is 0 Å². The average molecular weight is 682 g/mol. The lowest BCUT2D eigenvalue weighted by molar-refractivity contribution is -0.0573. The third-order valence-electron chi connectivity index (χ3n) is 11.4. The topological polar surface area (TPSA) is 108 Å². The van der Waals surface area contributed by atoms with Gasteiger partial charge in [0.25, 0.3) is 11.5 Å². The van der Waals surface area contributed by atoms with Crippen molar-refractivity contribution in [1.29, 1.82) is 0 Å². The largest absolute Gasteiger partial charge is 0.378 e. The van der Waals surface area contributed by atoms with Crippen LogP contribution >= 0.6 is 0 Å². The van der Waals surface area contributed by atoms with Crippen LogP contribution in [0.4, 0.5) is 5.69 Å². The number of piperidine rings is 1. The molecule has 5 heterocycles. The van der Waals surface area contributed by atoms with E-state index in [-0.39, 0.29) is 29.7 Å². The summed E-state index contributed by atoms with van der Waals surface area (Å²) in [7, 11) is 3.99. The lowest BCUT2D eigenvalue weighted by Crippen LogP contribution is -2.49. The Bertz CT molecular complexity index is 2030. The van der Waals surface area contributed by atoms with E-state index in [1.165, 1.54) is 0 Å². The highest BCUT2D eigenvalue weighted by Crippen LogP contribution is 2.36. The molecule has 11 nitrogen and oxygen atoms in total. The molecular weight excluding hydrogens is 630 g/mol. The molecule has 3 fully saturated rings. The van der Waals surface area contributed by atoms with Crippen LogP contribution in [-0.4, -0.2) is 94.9 Å². The number of ether oxygens (including phenoxy) is 1. The third kappa shape index (κ3) is 6.31. The Kier molecular flexibility index (Phi) is 9.49. The van der Waals surface area contributed by atoms with Crippen molar-refractivity contribution in [3.8, 4) is 11.1 Å². The van der Waals surface area contributed by atoms with Crippen molar-refractivity contribution in [2.75, 3.05) is 57.9 Å². The number of nitrogens with one attached hydrogen (secondary N) is 2. The molecule has 2 aromatic heterocycles. The number of amides is 1. The fourth-order valence-electron chi connectivity index (χ4n) is 8.33. The number of nitrogens with zero attached hydrogens (tertiary/aromatic N) is 5. The van der Waals surface area contributed by atoms with E-state index in [9.17, 15) is 14.4 Å². The molecule has 1 unspecified atom stereocenters. The van der Waals surface area contributed by atoms with Crippen LogP contribution in [0.5, 0.6) is 0 Å². The van der Waals surface area contributed by atoms with Gasteiger partial charge in [-0.25, -0.2) is 4.79 Å². The number of fused-ring (bicyclic) bond motifs is 1. The van der Waals surface area contributed by atoms with Crippen molar-refractivity contribution in [2.45, 2.75) is 71.6 Å². The lowest BCUT2D eigenvalue weighted by Gasteiger charge is -2.36. The number of pyridine rings is 1. The van der Waals surface area contributed by atoms with E-state index in [0.717, 1.165) is 110 Å². The van der Waals surface area contributed by atoms with Crippen LogP contribution in [0.25, 0.3) is 22.2 Å². The number of aryl methyl sites for hydroxylation is 3. The van der Waals surface area contributed by atoms with E-state index < -0.39 is 0 Å². The first kappa shape index (κ1) is 34.3. The number of H-pyrrole nitrogens is 1. The van der Waals surface area contributed by atoms with E-state index in [4.69, 9.17) is 4.74 Å². The summed E-state index contributed by atoms with van der Waals surface area (Å²) in [5.74, 6) is -0.220. The second kappa shape index (κ2) is 13.8. The number of anilines is 1. The molecular formula is C39H51N7O4. The zero-order valence-corrected chi connectivity index (χ0v) is 30.3. The van der Waals surface area contributed by atoms with E-state index in [0.29, 0.717) is 23.2 Å². The Balaban J connectivity index is 1.28. The maximum atomic E-state index is 14.1. The van der Waals surface area contributed by atoms with Gasteiger partial charge in [-0.3, -0.25) is 23.6 Å². The van der Waals surface area contributed by atoms with Gasteiger partial charge in [-0.05, 0) is 120 Å². The fraction of sp³-hybridized carbons (Fsp3) is 0.513. The lowest BCUT2D eigenvalue weighted by atomic mass is 9.95. The summed E-state index contributed by atoms with van der Waals surface area (Å²) < 4.78 is 9.24. The highest BCUT2D eigenvalue weighted by atomic mass is 16.5. The Morgan fingerprint density at radius 3 is 2.38 bits per heavy atom. The van der Waals surface area contributed by atoms with Gasteiger partial charge < -0.3 is 24.8 Å². The van der Waals surface area contributed by atoms with Crippen LogP contribution in [-0.2, 0) is 18.3 Å². The number of aromatic amines is 1. The number of imidazole rings is 1. The minimum absolute atomic E-state index is 0.0116. The molecule has 1 atom stereocenters. The maximum absolute atomic E-state index is 14.1. The summed E-state index contributed by atoms with van der Waals surface area (Å²) >= 11 is 0. The predicted octanol–water partition coefficient (Wildman–Crippen LogP) is 4.12. The molecule has 2 aromatic carbocycles. The number of likely N-dealkylation sites (tertiary alicyclic amines) is 2. The molecule has 3 aliphatic rings. The van der Waals surface area contributed by atoms with Gasteiger partial charge in [0.05, 0.1) is 30.3 Å². The molecule has 7 rings (SSSR count). The number of carbonyl (C=O) groups is 1. The van der Waals surface area contributed by atoms with Gasteiger partial charge in [0.2, 0.25) is 0 Å². The van der Waals surface area contributed by atoms with E-state index in [1.807, 2.05) is 44.5 Å². The summed E-state index contributed by atoms with van der Waals surface area (Å²) in [6.45, 7) is 14.4. The third-order valence-corrected chi connectivity index (χ3v) is 11.4. The van der Waals surface area contributed by atoms with Gasteiger partial charge >= 0.3 is 5.69 Å². The van der Waals surface area contributed by atoms with Crippen molar-refractivity contribution < 1.29 is 9.53 Å². The second-order valence-corrected chi connectivity index (χ2v) is 14.7. The molecule has 4 aromatic rings. The summed E-state index contributed by atoms with van der Waals surface area (Å²) in [5.41, 5.74) is 8.26. The summed E-state index contributed by atoms with van der Waals surface area (Å²) in [6, 6.07) is 13.3. The standard InChI is InChI=1S/C39H51N7O4/c1-7-45(30-12-15-44(21-30)31-22-50-23-31)35-19-28(17-32(26(35)4)37(47)40-20-33-24(2)16-25(3)41-38(33)48)27-8-9-34-36(18-27)43(6)39(49)46(34)29-10-13-42(5)14-11-29/h8-9,16-19,29-31H,7,10-15,20-23H2,1-6H3,(H,40,47)(H,41,48). The zero-order valence-electron chi connectivity index (χ0n) is 30.3. The molecule has 0 spiro atoms. The quantitative estimate of drug-likeness (QED) is 0.274. The van der Waals surface area contributed by atoms with Crippen LogP contribution in [0.15, 0.2) is 46.0 Å². The smallest absolute Gasteiger partial charge is 0.329 e. The number of hydrogen-bond acceptors (Lipinski definition) is 7. The van der Waals surface area contributed by atoms with Gasteiger partial charge in [0.1, 0.15) is 0 Å². The molecule has 0 saturated carbocycles. The molecule has 11 heteroatoms. The van der Waals surface area contributed by atoms with Crippen molar-refractivity contribution >= 4 is 22.6 Å². The summed E-state index contributed by atoms with van der Waals surface area (Å²) in [4.78, 5) is 50.6. The van der Waals surface area contributed by atoms with E-state index in [2.05, 4.69) is 63.2 Å². The molecule has 3 aliphatic heterocycles. The summed E-state index contributed by atoms with van der Waals surface area (Å²) in [5, 5.41) is 3.06. The Labute approximate surface area is 293 Å². The van der Waals surface area contributed by atoms with E-state index >= 15 is 0 Å². The number of hydrogen-bond donors (Lipinski definition) is 2. The molecule has 0 radical (unpaired) electrons. The fourth-order valence-corrected chi connectivity index (χ4v) is 8.33. The van der Waals surface area contributed by atoms with E-state index in [1.54, 1.807) is 4.57 Å². The molecule has 0 bridgehead atoms. The van der Waals surface area contributed by atoms with Gasteiger partial charge in [-0.2, -0.15) is 0 Å². The molecule has 1 amide bonds. The predicted molar refractivity (Wildman–Crippen MR) is 198 cm³/mol. The van der Waals surface area contributed by atoms with Crippen molar-refractivity contribution in [2.24, 2.45) is 7.05 Å². The Hall–Kier alpha value is -4.19. The normalized spacial score (nSPS) is 19.3. The van der Waals surface area contributed by atoms with Gasteiger partial charge in [0.15, 0.2) is 0 Å². The monoisotopic (exact) mass is 681 g/mol. The van der Waals surface area contributed by atoms with Crippen LogP contribution in [0.1, 0.15) is 65.0 Å². The average Bonchev–Trinajstić information content (AvgIpc) is 3.63. The first-order valence-electron chi connectivity index (χ1n) is 18.1. The summed E-state index contributed by atoms with van der Waals surface area (Å²) in [6.07, 6.45) is 2.94. The van der Waals surface area contributed by atoms with Gasteiger partial charge in [0, 0.05) is 67.8 Å². The van der Waals surface area contributed by atoms with Crippen LogP contribution < -0.4 is 21.5 Å². The molecule has 3 saturated heterocycles. The van der Waals surface area contributed by atoms with Crippen LogP contribution in [0.2, 0.25) is 0 Å². The first-order chi connectivity index (χ1) is 24.0. The van der Waals surface area contributed by atoms with Crippen LogP contribution in [0, 0.1) is 20.8 Å². The Morgan fingerprint density at radius 1 is 0.940 bits per heavy atom. The number of benzene rings is 2. The number of aromatic nitrogens is 3. The molecule has 266 valence electrons. The number of likely N-dealkylation sites (N-methyl/N-ethyl adjacent to an activating group) is 1. The highest BCUT2D eigenvalue weighted by molar-refractivity contribution is 5.99. The SMILES string of the molecule is CCN(c1cc(-c2ccc3c(c2)n(C)c(=O)n3C2CCN(C)CC2)cc(C(=O)NCc2c(C)cc(C)[nH]c2=O)c1C)C1CCN(C2COC2)C1. The molecule has 50 heavy (non-hydrogen) atoms. The highest BCUT2D eigenvalue weighted by Gasteiger charge is 2.35. The maximum Gasteiger partial charge on any atom is 0.329 e. The minimum atomic E-state index is -0.220. The van der Waals surface area contributed by atoms with Crippen molar-refractivity contribution in [3.05, 3.63) is 85.2 Å². The first-order valence-corrected chi connectivity index (χ1v) is 18.1. The van der Waals surface area contributed by atoms with Crippen molar-refractivity contribution in [3.63, 3.8) is 0 Å². The number of rotatable bonds is 9. The molecule has 2 N–H and O–H groups in total. The Morgan fingerprint density at radius 2 is 1.70 bits per heavy atom. The minimum Gasteiger partial charge on any atom is -0.378 e. The zero-order chi connectivity index (χ0) is 35.3.